The van der Waals surface area contributed by atoms with E-state index in [2.05, 4.69) is 15.5 Å². The molecular weight excluding hydrogens is 349 g/mol. The molecule has 0 aliphatic carbocycles. The van der Waals surface area contributed by atoms with Crippen LogP contribution in [0.3, 0.4) is 0 Å². The van der Waals surface area contributed by atoms with Crippen molar-refractivity contribution in [2.24, 2.45) is 5.10 Å². The molecule has 0 radical (unpaired) electrons. The van der Waals surface area contributed by atoms with Gasteiger partial charge in [-0.15, -0.1) is 0 Å². The van der Waals surface area contributed by atoms with Crippen molar-refractivity contribution in [1.29, 1.82) is 0 Å². The van der Waals surface area contributed by atoms with Crippen molar-refractivity contribution in [3.8, 4) is 11.5 Å². The molecule has 0 spiro atoms. The Balaban J connectivity index is 1.82. The van der Waals surface area contributed by atoms with Gasteiger partial charge in [0, 0.05) is 5.56 Å². The molecule has 2 aromatic rings. The highest BCUT2D eigenvalue weighted by molar-refractivity contribution is 6.42. The number of halogens is 3. The van der Waals surface area contributed by atoms with Crippen LogP contribution in [0.4, 0.5) is 5.82 Å². The van der Waals surface area contributed by atoms with Gasteiger partial charge in [-0.25, -0.2) is 4.98 Å². The first-order valence-corrected chi connectivity index (χ1v) is 7.40. The van der Waals surface area contributed by atoms with Gasteiger partial charge in [0.15, 0.2) is 17.3 Å². The number of nitrogens with zero attached hydrogens (tertiary/aromatic N) is 2. The number of rotatable bonds is 3. The highest BCUT2D eigenvalue weighted by Gasteiger charge is 2.14. The van der Waals surface area contributed by atoms with Gasteiger partial charge in [-0.05, 0) is 31.2 Å². The van der Waals surface area contributed by atoms with Gasteiger partial charge < -0.3 is 9.47 Å². The molecule has 0 bridgehead atoms. The fraction of sp³-hybridized carbons (Fsp3) is 0.143. The van der Waals surface area contributed by atoms with Crippen LogP contribution in [0.1, 0.15) is 12.5 Å². The van der Waals surface area contributed by atoms with Gasteiger partial charge in [0.05, 0.1) is 15.8 Å². The van der Waals surface area contributed by atoms with Gasteiger partial charge in [0.1, 0.15) is 5.15 Å². The van der Waals surface area contributed by atoms with Crippen molar-refractivity contribution in [1.82, 2.24) is 4.98 Å². The SMILES string of the molecule is CC(=NNc1nc(Cl)c(Cl)cc1Cl)c1ccc2c(c1)OCO2. The molecule has 0 saturated carbocycles. The molecule has 22 heavy (non-hydrogen) atoms. The van der Waals surface area contributed by atoms with E-state index >= 15 is 0 Å². The first-order chi connectivity index (χ1) is 10.5. The summed E-state index contributed by atoms with van der Waals surface area (Å²) < 4.78 is 10.6. The maximum Gasteiger partial charge on any atom is 0.231 e. The zero-order valence-electron chi connectivity index (χ0n) is 11.4. The normalized spacial score (nSPS) is 13.4. The summed E-state index contributed by atoms with van der Waals surface area (Å²) >= 11 is 17.7. The summed E-state index contributed by atoms with van der Waals surface area (Å²) in [5, 5.41) is 5.02. The molecule has 114 valence electrons. The average Bonchev–Trinajstić information content (AvgIpc) is 2.96. The Kier molecular flexibility index (Phi) is 4.29. The number of fused-ring (bicyclic) bond motifs is 1. The predicted molar refractivity (Wildman–Crippen MR) is 87.7 cm³/mol. The Morgan fingerprint density at radius 1 is 1.14 bits per heavy atom. The van der Waals surface area contributed by atoms with Gasteiger partial charge in [0.2, 0.25) is 6.79 Å². The second-order valence-electron chi connectivity index (χ2n) is 4.47. The van der Waals surface area contributed by atoms with E-state index in [1.54, 1.807) is 0 Å². The molecule has 1 aromatic heterocycles. The molecule has 8 heteroatoms. The lowest BCUT2D eigenvalue weighted by molar-refractivity contribution is 0.174. The zero-order valence-corrected chi connectivity index (χ0v) is 13.6. The number of aromatic nitrogens is 1. The van der Waals surface area contributed by atoms with Gasteiger partial charge in [-0.1, -0.05) is 34.8 Å². The number of anilines is 1. The third kappa shape index (κ3) is 3.06. The summed E-state index contributed by atoms with van der Waals surface area (Å²) in [6, 6.07) is 7.08. The number of hydrazone groups is 1. The van der Waals surface area contributed by atoms with E-state index in [4.69, 9.17) is 44.3 Å². The van der Waals surface area contributed by atoms with Crippen molar-refractivity contribution in [3.63, 3.8) is 0 Å². The van der Waals surface area contributed by atoms with Crippen LogP contribution in [0.15, 0.2) is 29.4 Å². The lowest BCUT2D eigenvalue weighted by atomic mass is 10.1. The van der Waals surface area contributed by atoms with Crippen LogP contribution in [0.25, 0.3) is 0 Å². The van der Waals surface area contributed by atoms with Crippen LogP contribution in [0, 0.1) is 0 Å². The van der Waals surface area contributed by atoms with Crippen LogP contribution in [-0.2, 0) is 0 Å². The van der Waals surface area contributed by atoms with Crippen LogP contribution in [0.2, 0.25) is 15.2 Å². The Morgan fingerprint density at radius 2 is 1.91 bits per heavy atom. The quantitative estimate of drug-likeness (QED) is 0.495. The van der Waals surface area contributed by atoms with Gasteiger partial charge in [0.25, 0.3) is 0 Å². The second kappa shape index (κ2) is 6.20. The maximum absolute atomic E-state index is 6.03. The Morgan fingerprint density at radius 3 is 2.73 bits per heavy atom. The summed E-state index contributed by atoms with van der Waals surface area (Å²) in [5.41, 5.74) is 4.38. The maximum atomic E-state index is 6.03. The van der Waals surface area contributed by atoms with Gasteiger partial charge >= 0.3 is 0 Å². The monoisotopic (exact) mass is 357 g/mol. The Labute approximate surface area is 141 Å². The fourth-order valence-electron chi connectivity index (χ4n) is 1.85. The summed E-state index contributed by atoms with van der Waals surface area (Å²) in [4.78, 5) is 4.03. The molecule has 2 heterocycles. The average molecular weight is 359 g/mol. The van der Waals surface area contributed by atoms with E-state index in [0.717, 1.165) is 17.0 Å². The summed E-state index contributed by atoms with van der Waals surface area (Å²) in [6.45, 7) is 2.08. The van der Waals surface area contributed by atoms with Crippen molar-refractivity contribution in [2.45, 2.75) is 6.92 Å². The van der Waals surface area contributed by atoms with Crippen molar-refractivity contribution >= 4 is 46.3 Å². The highest BCUT2D eigenvalue weighted by Crippen LogP contribution is 2.33. The lowest BCUT2D eigenvalue weighted by Crippen LogP contribution is -2.01. The third-order valence-corrected chi connectivity index (χ3v) is 3.97. The zero-order chi connectivity index (χ0) is 15.7. The van der Waals surface area contributed by atoms with Crippen molar-refractivity contribution < 1.29 is 9.47 Å². The van der Waals surface area contributed by atoms with Gasteiger partial charge in [-0.2, -0.15) is 5.10 Å². The number of hydrogen-bond donors (Lipinski definition) is 1. The molecule has 1 N–H and O–H groups in total. The summed E-state index contributed by atoms with van der Waals surface area (Å²) in [7, 11) is 0. The van der Waals surface area contributed by atoms with Crippen LogP contribution in [-0.4, -0.2) is 17.5 Å². The summed E-state index contributed by atoms with van der Waals surface area (Å²) in [6.07, 6.45) is 0. The summed E-state index contributed by atoms with van der Waals surface area (Å²) in [5.74, 6) is 1.74. The van der Waals surface area contributed by atoms with Crippen LogP contribution in [0.5, 0.6) is 11.5 Å². The molecule has 0 amide bonds. The van der Waals surface area contributed by atoms with E-state index in [-0.39, 0.29) is 17.0 Å². The molecule has 3 rings (SSSR count). The molecule has 0 atom stereocenters. The first-order valence-electron chi connectivity index (χ1n) is 6.26. The first kappa shape index (κ1) is 15.2. The van der Waals surface area contributed by atoms with E-state index in [0.29, 0.717) is 16.6 Å². The molecule has 0 fully saturated rings. The third-order valence-electron chi connectivity index (χ3n) is 3.01. The molecule has 0 unspecified atom stereocenters. The van der Waals surface area contributed by atoms with Crippen LogP contribution >= 0.6 is 34.8 Å². The fourth-order valence-corrected chi connectivity index (χ4v) is 2.39. The van der Waals surface area contributed by atoms with E-state index in [1.807, 2.05) is 25.1 Å². The van der Waals surface area contributed by atoms with Gasteiger partial charge in [-0.3, -0.25) is 5.43 Å². The highest BCUT2D eigenvalue weighted by atomic mass is 35.5. The number of pyridine rings is 1. The molecule has 5 nitrogen and oxygen atoms in total. The smallest absolute Gasteiger partial charge is 0.231 e. The number of nitrogens with one attached hydrogen (secondary N) is 1. The van der Waals surface area contributed by atoms with E-state index in [1.165, 1.54) is 6.07 Å². The minimum absolute atomic E-state index is 0.157. The number of benzene rings is 1. The van der Waals surface area contributed by atoms with Crippen molar-refractivity contribution in [3.05, 3.63) is 45.0 Å². The minimum atomic E-state index is 0.157. The molecule has 1 aliphatic heterocycles. The van der Waals surface area contributed by atoms with Crippen LogP contribution < -0.4 is 14.9 Å². The number of hydrogen-bond acceptors (Lipinski definition) is 5. The molecule has 1 aliphatic rings. The minimum Gasteiger partial charge on any atom is -0.454 e. The Hall–Kier alpha value is -1.69. The standard InChI is InChI=1S/C14H10Cl3N3O2/c1-7(8-2-3-11-12(4-8)22-6-21-11)19-20-14-10(16)5-9(15)13(17)18-14/h2-5H,6H2,1H3,(H,18,20). The largest absolute Gasteiger partial charge is 0.454 e. The topological polar surface area (TPSA) is 55.7 Å². The molecular formula is C14H10Cl3N3O2. The van der Waals surface area contributed by atoms with E-state index < -0.39 is 0 Å². The second-order valence-corrected chi connectivity index (χ2v) is 5.64. The van der Waals surface area contributed by atoms with E-state index in [9.17, 15) is 0 Å². The lowest BCUT2D eigenvalue weighted by Gasteiger charge is -2.06. The van der Waals surface area contributed by atoms with Crippen molar-refractivity contribution in [2.75, 3.05) is 12.2 Å². The Bertz CT molecular complexity index is 765. The molecule has 1 aromatic carbocycles. The molecule has 0 saturated heterocycles. The number of ether oxygens (including phenoxy) is 2. The predicted octanol–water partition coefficient (Wildman–Crippen LogP) is 4.61.